The van der Waals surface area contributed by atoms with Gasteiger partial charge in [0.2, 0.25) is 0 Å². The third-order valence-electron chi connectivity index (χ3n) is 3.91. The molecule has 0 bridgehead atoms. The van der Waals surface area contributed by atoms with Crippen LogP contribution in [0.3, 0.4) is 0 Å². The first-order chi connectivity index (χ1) is 9.74. The highest BCUT2D eigenvalue weighted by Gasteiger charge is 2.21. The van der Waals surface area contributed by atoms with Gasteiger partial charge < -0.3 is 10.1 Å². The number of likely N-dealkylation sites (tertiary alicyclic amines) is 1. The van der Waals surface area contributed by atoms with E-state index in [1.54, 1.807) is 0 Å². The minimum absolute atomic E-state index is 0.645. The second kappa shape index (κ2) is 7.87. The Bertz CT molecular complexity index is 425. The molecule has 0 radical (unpaired) electrons. The Morgan fingerprint density at radius 1 is 1.40 bits per heavy atom. The van der Waals surface area contributed by atoms with E-state index in [-0.39, 0.29) is 0 Å². The van der Waals surface area contributed by atoms with Gasteiger partial charge in [0.15, 0.2) is 0 Å². The van der Waals surface area contributed by atoms with Crippen molar-refractivity contribution in [3.8, 4) is 5.75 Å². The van der Waals surface area contributed by atoms with Crippen LogP contribution >= 0.6 is 11.6 Å². The van der Waals surface area contributed by atoms with Crippen LogP contribution in [0.4, 0.5) is 0 Å². The zero-order valence-electron chi connectivity index (χ0n) is 12.5. The predicted molar refractivity (Wildman–Crippen MR) is 84.6 cm³/mol. The van der Waals surface area contributed by atoms with Crippen molar-refractivity contribution in [2.45, 2.75) is 39.3 Å². The van der Waals surface area contributed by atoms with Crippen LogP contribution in [0.5, 0.6) is 5.75 Å². The SMILES string of the molecule is CCOc1ccc(CNCC2CCCN2CC)cc1Cl. The molecule has 4 heteroatoms. The van der Waals surface area contributed by atoms with Crippen LogP contribution in [0.1, 0.15) is 32.3 Å². The largest absolute Gasteiger partial charge is 0.492 e. The fourth-order valence-corrected chi connectivity index (χ4v) is 3.11. The molecule has 0 saturated carbocycles. The predicted octanol–water partition coefficient (Wildman–Crippen LogP) is 3.31. The molecule has 3 nitrogen and oxygen atoms in total. The van der Waals surface area contributed by atoms with Crippen molar-refractivity contribution in [1.29, 1.82) is 0 Å². The number of ether oxygens (including phenoxy) is 1. The Labute approximate surface area is 127 Å². The molecule has 112 valence electrons. The number of hydrogen-bond acceptors (Lipinski definition) is 3. The first-order valence-corrected chi connectivity index (χ1v) is 7.98. The molecule has 1 heterocycles. The van der Waals surface area contributed by atoms with E-state index in [1.165, 1.54) is 24.9 Å². The average molecular weight is 297 g/mol. The molecule has 1 aliphatic rings. The standard InChI is InChI=1S/C16H25ClN2O/c1-3-19-9-5-6-14(19)12-18-11-13-7-8-16(20-4-2)15(17)10-13/h7-8,10,14,18H,3-6,9,11-12H2,1-2H3. The monoisotopic (exact) mass is 296 g/mol. The van der Waals surface area contributed by atoms with Crippen LogP contribution in [-0.2, 0) is 6.54 Å². The average Bonchev–Trinajstić information content (AvgIpc) is 2.89. The molecular weight excluding hydrogens is 272 g/mol. The molecule has 0 amide bonds. The van der Waals surface area contributed by atoms with Crippen LogP contribution < -0.4 is 10.1 Å². The molecule has 1 N–H and O–H groups in total. The summed E-state index contributed by atoms with van der Waals surface area (Å²) in [6, 6.07) is 6.72. The molecule has 0 aliphatic carbocycles. The molecule has 1 fully saturated rings. The van der Waals surface area contributed by atoms with Gasteiger partial charge in [-0.15, -0.1) is 0 Å². The van der Waals surface area contributed by atoms with Crippen molar-refractivity contribution in [1.82, 2.24) is 10.2 Å². The number of benzene rings is 1. The second-order valence-corrected chi connectivity index (χ2v) is 5.66. The lowest BCUT2D eigenvalue weighted by Crippen LogP contribution is -2.37. The highest BCUT2D eigenvalue weighted by Crippen LogP contribution is 2.25. The van der Waals surface area contributed by atoms with E-state index >= 15 is 0 Å². The molecular formula is C16H25ClN2O. The summed E-state index contributed by atoms with van der Waals surface area (Å²) in [6.45, 7) is 9.17. The van der Waals surface area contributed by atoms with Crippen LogP contribution in [0.15, 0.2) is 18.2 Å². The van der Waals surface area contributed by atoms with Crippen LogP contribution in [0.2, 0.25) is 5.02 Å². The van der Waals surface area contributed by atoms with Gasteiger partial charge in [0.25, 0.3) is 0 Å². The van der Waals surface area contributed by atoms with Gasteiger partial charge in [-0.2, -0.15) is 0 Å². The summed E-state index contributed by atoms with van der Waals surface area (Å²) in [7, 11) is 0. The lowest BCUT2D eigenvalue weighted by molar-refractivity contribution is 0.260. The molecule has 2 rings (SSSR count). The van der Waals surface area contributed by atoms with Crippen molar-refractivity contribution in [2.75, 3.05) is 26.2 Å². The van der Waals surface area contributed by atoms with Gasteiger partial charge in [0.1, 0.15) is 5.75 Å². The van der Waals surface area contributed by atoms with E-state index in [0.717, 1.165) is 25.4 Å². The maximum absolute atomic E-state index is 6.20. The second-order valence-electron chi connectivity index (χ2n) is 5.25. The van der Waals surface area contributed by atoms with E-state index in [0.29, 0.717) is 17.7 Å². The Morgan fingerprint density at radius 3 is 2.95 bits per heavy atom. The van der Waals surface area contributed by atoms with Gasteiger partial charge in [-0.1, -0.05) is 24.6 Å². The summed E-state index contributed by atoms with van der Waals surface area (Å²) in [5.74, 6) is 0.769. The zero-order valence-corrected chi connectivity index (χ0v) is 13.2. The van der Waals surface area contributed by atoms with Crippen molar-refractivity contribution < 1.29 is 4.74 Å². The van der Waals surface area contributed by atoms with Crippen LogP contribution in [0.25, 0.3) is 0 Å². The Hall–Kier alpha value is -0.770. The number of nitrogens with one attached hydrogen (secondary N) is 1. The smallest absolute Gasteiger partial charge is 0.137 e. The van der Waals surface area contributed by atoms with Crippen molar-refractivity contribution in [3.63, 3.8) is 0 Å². The molecule has 1 aromatic carbocycles. The number of likely N-dealkylation sites (N-methyl/N-ethyl adjacent to an activating group) is 1. The molecule has 1 aromatic rings. The first-order valence-electron chi connectivity index (χ1n) is 7.60. The topological polar surface area (TPSA) is 24.5 Å². The molecule has 1 aliphatic heterocycles. The van der Waals surface area contributed by atoms with E-state index in [4.69, 9.17) is 16.3 Å². The molecule has 20 heavy (non-hydrogen) atoms. The maximum Gasteiger partial charge on any atom is 0.137 e. The lowest BCUT2D eigenvalue weighted by atomic mass is 10.2. The molecule has 1 unspecified atom stereocenters. The summed E-state index contributed by atoms with van der Waals surface area (Å²) in [5, 5.41) is 4.24. The number of nitrogens with zero attached hydrogens (tertiary/aromatic N) is 1. The number of halogens is 1. The summed E-state index contributed by atoms with van der Waals surface area (Å²) in [6.07, 6.45) is 2.64. The molecule has 0 aromatic heterocycles. The van der Waals surface area contributed by atoms with Crippen molar-refractivity contribution in [2.24, 2.45) is 0 Å². The first kappa shape index (κ1) is 15.6. The van der Waals surface area contributed by atoms with Gasteiger partial charge in [0, 0.05) is 19.1 Å². The van der Waals surface area contributed by atoms with E-state index in [2.05, 4.69) is 23.2 Å². The number of hydrogen-bond donors (Lipinski definition) is 1. The fourth-order valence-electron chi connectivity index (χ4n) is 2.85. The fraction of sp³-hybridized carbons (Fsp3) is 0.625. The van der Waals surface area contributed by atoms with Gasteiger partial charge >= 0.3 is 0 Å². The molecule has 1 saturated heterocycles. The van der Waals surface area contributed by atoms with Gasteiger partial charge in [-0.05, 0) is 50.6 Å². The highest BCUT2D eigenvalue weighted by molar-refractivity contribution is 6.32. The Morgan fingerprint density at radius 2 is 2.25 bits per heavy atom. The number of rotatable bonds is 7. The lowest BCUT2D eigenvalue weighted by Gasteiger charge is -2.23. The molecule has 1 atom stereocenters. The van der Waals surface area contributed by atoms with E-state index in [1.807, 2.05) is 19.1 Å². The maximum atomic E-state index is 6.20. The Kier molecular flexibility index (Phi) is 6.14. The zero-order chi connectivity index (χ0) is 14.4. The minimum atomic E-state index is 0.645. The van der Waals surface area contributed by atoms with E-state index in [9.17, 15) is 0 Å². The summed E-state index contributed by atoms with van der Waals surface area (Å²) >= 11 is 6.20. The van der Waals surface area contributed by atoms with Crippen molar-refractivity contribution in [3.05, 3.63) is 28.8 Å². The summed E-state index contributed by atoms with van der Waals surface area (Å²) in [4.78, 5) is 2.55. The quantitative estimate of drug-likeness (QED) is 0.835. The summed E-state index contributed by atoms with van der Waals surface area (Å²) in [5.41, 5.74) is 1.21. The van der Waals surface area contributed by atoms with Crippen molar-refractivity contribution >= 4 is 11.6 Å². The van der Waals surface area contributed by atoms with Crippen LogP contribution in [0, 0.1) is 0 Å². The third-order valence-corrected chi connectivity index (χ3v) is 4.21. The summed E-state index contributed by atoms with van der Waals surface area (Å²) < 4.78 is 5.45. The van der Waals surface area contributed by atoms with Crippen LogP contribution in [-0.4, -0.2) is 37.2 Å². The Balaban J connectivity index is 1.80. The highest BCUT2D eigenvalue weighted by atomic mass is 35.5. The minimum Gasteiger partial charge on any atom is -0.492 e. The normalized spacial score (nSPS) is 19.4. The molecule has 0 spiro atoms. The van der Waals surface area contributed by atoms with E-state index < -0.39 is 0 Å². The third kappa shape index (κ3) is 4.11. The van der Waals surface area contributed by atoms with Gasteiger partial charge in [-0.3, -0.25) is 4.90 Å². The van der Waals surface area contributed by atoms with Gasteiger partial charge in [0.05, 0.1) is 11.6 Å². The van der Waals surface area contributed by atoms with Gasteiger partial charge in [-0.25, -0.2) is 0 Å².